The predicted octanol–water partition coefficient (Wildman–Crippen LogP) is -0.571. The molecule has 0 aromatic carbocycles. The van der Waals surface area contributed by atoms with E-state index in [0.29, 0.717) is 18.9 Å². The Morgan fingerprint density at radius 3 is 3.00 bits per heavy atom. The van der Waals surface area contributed by atoms with Crippen LogP contribution in [0, 0.1) is 0 Å². The summed E-state index contributed by atoms with van der Waals surface area (Å²) in [7, 11) is 0. The third kappa shape index (κ3) is 2.38. The van der Waals surface area contributed by atoms with E-state index in [2.05, 4.69) is 15.3 Å². The molecular formula is C6H11N5. The lowest BCUT2D eigenvalue weighted by atomic mass is 10.5. The number of nitrogens with two attached hydrogens (primary N) is 2. The first kappa shape index (κ1) is 7.74. The van der Waals surface area contributed by atoms with Crippen molar-refractivity contribution < 1.29 is 0 Å². The Bertz CT molecular complexity index is 224. The highest BCUT2D eigenvalue weighted by Crippen LogP contribution is 2.00. The van der Waals surface area contributed by atoms with Crippen molar-refractivity contribution in [3.05, 3.63) is 12.3 Å². The summed E-state index contributed by atoms with van der Waals surface area (Å²) in [5.41, 5.74) is 10.6. The molecule has 0 radical (unpaired) electrons. The maximum absolute atomic E-state index is 5.34. The first-order valence-electron chi connectivity index (χ1n) is 3.35. The molecule has 5 heteroatoms. The number of hydrogen-bond donors (Lipinski definition) is 3. The van der Waals surface area contributed by atoms with Crippen LogP contribution in [-0.2, 0) is 0 Å². The standard InChI is InChI=1S/C6H11N5/c7-2-4-9-5-1-3-10-6(8)11-5/h1,3H,2,4,7H2,(H3,8,9,10,11). The van der Waals surface area contributed by atoms with Crippen molar-refractivity contribution in [1.82, 2.24) is 9.97 Å². The molecule has 60 valence electrons. The minimum absolute atomic E-state index is 0.270. The highest BCUT2D eigenvalue weighted by molar-refractivity contribution is 5.37. The average Bonchev–Trinajstić information content (AvgIpc) is 2.01. The average molecular weight is 153 g/mol. The summed E-state index contributed by atoms with van der Waals surface area (Å²) in [4.78, 5) is 7.65. The van der Waals surface area contributed by atoms with Gasteiger partial charge < -0.3 is 16.8 Å². The van der Waals surface area contributed by atoms with Gasteiger partial charge in [0.05, 0.1) is 0 Å². The van der Waals surface area contributed by atoms with Crippen LogP contribution in [0.5, 0.6) is 0 Å². The molecule has 1 heterocycles. The Labute approximate surface area is 64.8 Å². The molecule has 11 heavy (non-hydrogen) atoms. The van der Waals surface area contributed by atoms with Crippen LogP contribution in [0.3, 0.4) is 0 Å². The van der Waals surface area contributed by atoms with Crippen LogP contribution in [0.4, 0.5) is 11.8 Å². The Kier molecular flexibility index (Phi) is 2.62. The van der Waals surface area contributed by atoms with Crippen LogP contribution in [0.1, 0.15) is 0 Å². The summed E-state index contributed by atoms with van der Waals surface area (Å²) in [5.74, 6) is 0.981. The molecule has 0 aliphatic carbocycles. The van der Waals surface area contributed by atoms with E-state index in [1.807, 2.05) is 0 Å². The highest BCUT2D eigenvalue weighted by atomic mass is 15.1. The van der Waals surface area contributed by atoms with E-state index in [1.165, 1.54) is 0 Å². The fourth-order valence-electron chi connectivity index (χ4n) is 0.672. The van der Waals surface area contributed by atoms with E-state index in [0.717, 1.165) is 0 Å². The fraction of sp³-hybridized carbons (Fsp3) is 0.333. The molecule has 0 aliphatic rings. The molecular weight excluding hydrogens is 142 g/mol. The lowest BCUT2D eigenvalue weighted by Gasteiger charge is -2.02. The van der Waals surface area contributed by atoms with Crippen molar-refractivity contribution in [3.8, 4) is 0 Å². The van der Waals surface area contributed by atoms with E-state index >= 15 is 0 Å². The molecule has 0 aliphatic heterocycles. The summed E-state index contributed by atoms with van der Waals surface area (Å²) < 4.78 is 0. The van der Waals surface area contributed by atoms with Gasteiger partial charge in [-0.25, -0.2) is 4.98 Å². The number of hydrogen-bond acceptors (Lipinski definition) is 5. The second kappa shape index (κ2) is 3.72. The first-order chi connectivity index (χ1) is 5.33. The van der Waals surface area contributed by atoms with Gasteiger partial charge in [0.1, 0.15) is 5.82 Å². The molecule has 5 nitrogen and oxygen atoms in total. The summed E-state index contributed by atoms with van der Waals surface area (Å²) in [6, 6.07) is 1.74. The number of anilines is 2. The van der Waals surface area contributed by atoms with Gasteiger partial charge in [-0.2, -0.15) is 4.98 Å². The van der Waals surface area contributed by atoms with Gasteiger partial charge in [-0.3, -0.25) is 0 Å². The van der Waals surface area contributed by atoms with Crippen molar-refractivity contribution in [1.29, 1.82) is 0 Å². The van der Waals surface area contributed by atoms with Gasteiger partial charge >= 0.3 is 0 Å². The fourth-order valence-corrected chi connectivity index (χ4v) is 0.672. The van der Waals surface area contributed by atoms with Gasteiger partial charge in [0, 0.05) is 19.3 Å². The molecule has 0 spiro atoms. The number of rotatable bonds is 3. The highest BCUT2D eigenvalue weighted by Gasteiger charge is 1.91. The van der Waals surface area contributed by atoms with Crippen LogP contribution in [0.2, 0.25) is 0 Å². The molecule has 1 rings (SSSR count). The summed E-state index contributed by atoms with van der Waals surface area (Å²) in [6.07, 6.45) is 1.60. The van der Waals surface area contributed by atoms with Crippen molar-refractivity contribution in [2.75, 3.05) is 24.1 Å². The monoisotopic (exact) mass is 153 g/mol. The topological polar surface area (TPSA) is 89.8 Å². The molecule has 0 saturated carbocycles. The second-order valence-electron chi connectivity index (χ2n) is 2.02. The number of aromatic nitrogens is 2. The van der Waals surface area contributed by atoms with E-state index < -0.39 is 0 Å². The van der Waals surface area contributed by atoms with Crippen LogP contribution < -0.4 is 16.8 Å². The van der Waals surface area contributed by atoms with Gasteiger partial charge in [-0.05, 0) is 6.07 Å². The van der Waals surface area contributed by atoms with Gasteiger partial charge in [-0.15, -0.1) is 0 Å². The molecule has 0 bridgehead atoms. The van der Waals surface area contributed by atoms with Crippen molar-refractivity contribution >= 4 is 11.8 Å². The quantitative estimate of drug-likeness (QED) is 0.541. The Balaban J connectivity index is 2.56. The molecule has 1 aromatic heterocycles. The van der Waals surface area contributed by atoms with Gasteiger partial charge in [0.15, 0.2) is 0 Å². The zero-order valence-electron chi connectivity index (χ0n) is 6.12. The zero-order valence-corrected chi connectivity index (χ0v) is 6.12. The summed E-state index contributed by atoms with van der Waals surface area (Å²) in [6.45, 7) is 1.26. The van der Waals surface area contributed by atoms with Crippen LogP contribution >= 0.6 is 0 Å². The zero-order chi connectivity index (χ0) is 8.10. The molecule has 1 aromatic rings. The Morgan fingerprint density at radius 2 is 2.36 bits per heavy atom. The number of nitrogens with zero attached hydrogens (tertiary/aromatic N) is 2. The molecule has 0 unspecified atom stereocenters. The molecule has 5 N–H and O–H groups in total. The molecule has 0 saturated heterocycles. The van der Waals surface area contributed by atoms with Crippen LogP contribution in [0.25, 0.3) is 0 Å². The maximum atomic E-state index is 5.34. The van der Waals surface area contributed by atoms with Gasteiger partial charge in [0.25, 0.3) is 0 Å². The number of nitrogens with one attached hydrogen (secondary N) is 1. The summed E-state index contributed by atoms with van der Waals surface area (Å²) in [5, 5.41) is 2.98. The lowest BCUT2D eigenvalue weighted by Crippen LogP contribution is -2.14. The largest absolute Gasteiger partial charge is 0.369 e. The first-order valence-corrected chi connectivity index (χ1v) is 3.35. The third-order valence-electron chi connectivity index (χ3n) is 1.12. The maximum Gasteiger partial charge on any atom is 0.221 e. The molecule has 0 fully saturated rings. The minimum Gasteiger partial charge on any atom is -0.369 e. The second-order valence-corrected chi connectivity index (χ2v) is 2.02. The third-order valence-corrected chi connectivity index (χ3v) is 1.12. The predicted molar refractivity (Wildman–Crippen MR) is 44.0 cm³/mol. The smallest absolute Gasteiger partial charge is 0.221 e. The van der Waals surface area contributed by atoms with Gasteiger partial charge in [0.2, 0.25) is 5.95 Å². The number of nitrogen functional groups attached to an aromatic ring is 1. The van der Waals surface area contributed by atoms with Crippen LogP contribution in [0.15, 0.2) is 12.3 Å². The Hall–Kier alpha value is -1.36. The van der Waals surface area contributed by atoms with Crippen molar-refractivity contribution in [3.63, 3.8) is 0 Å². The van der Waals surface area contributed by atoms with Crippen LogP contribution in [-0.4, -0.2) is 23.1 Å². The van der Waals surface area contributed by atoms with E-state index in [4.69, 9.17) is 11.5 Å². The van der Waals surface area contributed by atoms with E-state index in [9.17, 15) is 0 Å². The minimum atomic E-state index is 0.270. The lowest BCUT2D eigenvalue weighted by molar-refractivity contribution is 1.01. The Morgan fingerprint density at radius 1 is 1.55 bits per heavy atom. The van der Waals surface area contributed by atoms with Crippen molar-refractivity contribution in [2.45, 2.75) is 0 Å². The SMILES string of the molecule is NCCNc1ccnc(N)n1. The van der Waals surface area contributed by atoms with E-state index in [-0.39, 0.29) is 5.95 Å². The summed E-state index contributed by atoms with van der Waals surface area (Å²) >= 11 is 0. The van der Waals surface area contributed by atoms with E-state index in [1.54, 1.807) is 12.3 Å². The van der Waals surface area contributed by atoms with Gasteiger partial charge in [-0.1, -0.05) is 0 Å². The van der Waals surface area contributed by atoms with Crippen molar-refractivity contribution in [2.24, 2.45) is 5.73 Å². The molecule has 0 amide bonds. The molecule has 0 atom stereocenters. The normalized spacial score (nSPS) is 9.55.